The molecule has 0 saturated heterocycles. The van der Waals surface area contributed by atoms with Crippen molar-refractivity contribution in [3.63, 3.8) is 0 Å². The Morgan fingerprint density at radius 3 is 2.76 bits per heavy atom. The zero-order valence-electron chi connectivity index (χ0n) is 9.69. The Kier molecular flexibility index (Phi) is 2.90. The lowest BCUT2D eigenvalue weighted by atomic mass is 9.99. The van der Waals surface area contributed by atoms with Gasteiger partial charge in [0.05, 0.1) is 18.2 Å². The molecule has 17 heavy (non-hydrogen) atoms. The van der Waals surface area contributed by atoms with Gasteiger partial charge in [0, 0.05) is 5.56 Å². The number of hydrogen-bond acceptors (Lipinski definition) is 5. The molecule has 0 amide bonds. The van der Waals surface area contributed by atoms with E-state index in [0.29, 0.717) is 17.3 Å². The Morgan fingerprint density at radius 2 is 2.18 bits per heavy atom. The topological polar surface area (TPSA) is 88.7 Å². The molecule has 0 fully saturated rings. The normalized spacial score (nSPS) is 10.2. The SMILES string of the molecule is Cc1cc(C#N)cc(-c2noc(CN)n2)c1C. The Balaban J connectivity index is 2.58. The molecule has 0 aliphatic heterocycles. The van der Waals surface area contributed by atoms with E-state index in [1.165, 1.54) is 0 Å². The Labute approximate surface area is 98.9 Å². The molecule has 1 heterocycles. The van der Waals surface area contributed by atoms with E-state index < -0.39 is 0 Å². The summed E-state index contributed by atoms with van der Waals surface area (Å²) in [5, 5.41) is 12.8. The van der Waals surface area contributed by atoms with Crippen LogP contribution in [0.5, 0.6) is 0 Å². The number of nitrogens with two attached hydrogens (primary N) is 1. The lowest BCUT2D eigenvalue weighted by Gasteiger charge is -2.05. The highest BCUT2D eigenvalue weighted by Gasteiger charge is 2.12. The molecule has 86 valence electrons. The van der Waals surface area contributed by atoms with Crippen molar-refractivity contribution < 1.29 is 4.52 Å². The van der Waals surface area contributed by atoms with E-state index in [-0.39, 0.29) is 6.54 Å². The van der Waals surface area contributed by atoms with Crippen molar-refractivity contribution in [2.45, 2.75) is 20.4 Å². The molecule has 2 rings (SSSR count). The molecule has 0 bridgehead atoms. The second-order valence-electron chi connectivity index (χ2n) is 3.79. The van der Waals surface area contributed by atoms with Crippen LogP contribution in [0.3, 0.4) is 0 Å². The molecule has 2 N–H and O–H groups in total. The van der Waals surface area contributed by atoms with Gasteiger partial charge in [-0.25, -0.2) is 0 Å². The largest absolute Gasteiger partial charge is 0.338 e. The minimum atomic E-state index is 0.211. The van der Waals surface area contributed by atoms with Gasteiger partial charge in [-0.1, -0.05) is 5.16 Å². The average Bonchev–Trinajstić information content (AvgIpc) is 2.81. The van der Waals surface area contributed by atoms with Crippen LogP contribution in [0.2, 0.25) is 0 Å². The highest BCUT2D eigenvalue weighted by Crippen LogP contribution is 2.24. The van der Waals surface area contributed by atoms with Crippen LogP contribution in [-0.2, 0) is 6.54 Å². The smallest absolute Gasteiger partial charge is 0.240 e. The summed E-state index contributed by atoms with van der Waals surface area (Å²) in [4.78, 5) is 4.16. The minimum Gasteiger partial charge on any atom is -0.338 e. The van der Waals surface area contributed by atoms with Crippen LogP contribution in [0.4, 0.5) is 0 Å². The number of rotatable bonds is 2. The summed E-state index contributed by atoms with van der Waals surface area (Å²) in [7, 11) is 0. The van der Waals surface area contributed by atoms with Gasteiger partial charge in [0.2, 0.25) is 11.7 Å². The molecule has 5 heteroatoms. The third-order valence-electron chi connectivity index (χ3n) is 2.68. The minimum absolute atomic E-state index is 0.211. The first-order valence-electron chi connectivity index (χ1n) is 5.20. The fraction of sp³-hybridized carbons (Fsp3) is 0.250. The maximum Gasteiger partial charge on any atom is 0.240 e. The molecule has 5 nitrogen and oxygen atoms in total. The Bertz CT molecular complexity index is 595. The number of aryl methyl sites for hydroxylation is 1. The van der Waals surface area contributed by atoms with Crippen LogP contribution < -0.4 is 5.73 Å². The molecule has 1 aromatic heterocycles. The molecular weight excluding hydrogens is 216 g/mol. The molecule has 0 spiro atoms. The number of nitriles is 1. The van der Waals surface area contributed by atoms with Crippen molar-refractivity contribution in [1.29, 1.82) is 5.26 Å². The highest BCUT2D eigenvalue weighted by molar-refractivity contribution is 5.64. The van der Waals surface area contributed by atoms with Crippen molar-refractivity contribution in [2.75, 3.05) is 0 Å². The van der Waals surface area contributed by atoms with Crippen molar-refractivity contribution in [3.8, 4) is 17.5 Å². The van der Waals surface area contributed by atoms with Crippen LogP contribution >= 0.6 is 0 Å². The van der Waals surface area contributed by atoms with E-state index in [1.54, 1.807) is 6.07 Å². The number of aromatic nitrogens is 2. The fourth-order valence-corrected chi connectivity index (χ4v) is 1.60. The quantitative estimate of drug-likeness (QED) is 0.844. The van der Waals surface area contributed by atoms with Crippen LogP contribution in [-0.4, -0.2) is 10.1 Å². The summed E-state index contributed by atoms with van der Waals surface area (Å²) in [6.07, 6.45) is 0. The van der Waals surface area contributed by atoms with Crippen molar-refractivity contribution >= 4 is 0 Å². The maximum atomic E-state index is 8.94. The van der Waals surface area contributed by atoms with Gasteiger partial charge in [-0.15, -0.1) is 0 Å². The maximum absolute atomic E-state index is 8.94. The molecule has 0 unspecified atom stereocenters. The summed E-state index contributed by atoms with van der Waals surface area (Å²) in [6.45, 7) is 4.12. The van der Waals surface area contributed by atoms with E-state index in [9.17, 15) is 0 Å². The predicted molar refractivity (Wildman–Crippen MR) is 61.8 cm³/mol. The lowest BCUT2D eigenvalue weighted by molar-refractivity contribution is 0.380. The Morgan fingerprint density at radius 1 is 1.41 bits per heavy atom. The molecule has 0 radical (unpaired) electrons. The molecule has 0 aliphatic carbocycles. The second-order valence-corrected chi connectivity index (χ2v) is 3.79. The first-order valence-corrected chi connectivity index (χ1v) is 5.20. The second kappa shape index (κ2) is 4.36. The number of hydrogen-bond donors (Lipinski definition) is 1. The first kappa shape index (κ1) is 11.3. The fourth-order valence-electron chi connectivity index (χ4n) is 1.60. The van der Waals surface area contributed by atoms with Gasteiger partial charge in [-0.05, 0) is 37.1 Å². The van der Waals surface area contributed by atoms with E-state index >= 15 is 0 Å². The number of benzene rings is 1. The molecule has 2 aromatic rings. The van der Waals surface area contributed by atoms with Crippen LogP contribution in [0.15, 0.2) is 16.7 Å². The monoisotopic (exact) mass is 228 g/mol. The summed E-state index contributed by atoms with van der Waals surface area (Å²) >= 11 is 0. The summed E-state index contributed by atoms with van der Waals surface area (Å²) < 4.78 is 4.97. The van der Waals surface area contributed by atoms with Crippen LogP contribution in [0, 0.1) is 25.2 Å². The van der Waals surface area contributed by atoms with Crippen LogP contribution in [0.1, 0.15) is 22.6 Å². The van der Waals surface area contributed by atoms with E-state index in [4.69, 9.17) is 15.5 Å². The van der Waals surface area contributed by atoms with Gasteiger partial charge in [0.15, 0.2) is 0 Å². The molecule has 0 atom stereocenters. The van der Waals surface area contributed by atoms with E-state index in [0.717, 1.165) is 16.7 Å². The van der Waals surface area contributed by atoms with Crippen molar-refractivity contribution in [2.24, 2.45) is 5.73 Å². The molecule has 1 aromatic carbocycles. The third kappa shape index (κ3) is 2.03. The predicted octanol–water partition coefficient (Wildman–Crippen LogP) is 1.68. The van der Waals surface area contributed by atoms with Gasteiger partial charge >= 0.3 is 0 Å². The standard InChI is InChI=1S/C12H12N4O/c1-7-3-9(5-13)4-10(8(7)2)12-15-11(6-14)17-16-12/h3-4H,6,14H2,1-2H3. The zero-order chi connectivity index (χ0) is 12.4. The average molecular weight is 228 g/mol. The lowest BCUT2D eigenvalue weighted by Crippen LogP contribution is -1.96. The first-order chi connectivity index (χ1) is 8.15. The van der Waals surface area contributed by atoms with Gasteiger partial charge in [0.1, 0.15) is 0 Å². The third-order valence-corrected chi connectivity index (χ3v) is 2.68. The summed E-state index contributed by atoms with van der Waals surface area (Å²) in [5.41, 5.74) is 8.87. The van der Waals surface area contributed by atoms with Crippen molar-refractivity contribution in [1.82, 2.24) is 10.1 Å². The summed E-state index contributed by atoms with van der Waals surface area (Å²) in [5.74, 6) is 0.863. The van der Waals surface area contributed by atoms with Gasteiger partial charge < -0.3 is 10.3 Å². The number of nitrogens with zero attached hydrogens (tertiary/aromatic N) is 3. The Hall–Kier alpha value is -2.19. The van der Waals surface area contributed by atoms with E-state index in [1.807, 2.05) is 19.9 Å². The van der Waals surface area contributed by atoms with Gasteiger partial charge in [-0.3, -0.25) is 0 Å². The molecule has 0 saturated carbocycles. The zero-order valence-corrected chi connectivity index (χ0v) is 9.69. The van der Waals surface area contributed by atoms with Gasteiger partial charge in [-0.2, -0.15) is 10.2 Å². The molecule has 0 aliphatic rings. The highest BCUT2D eigenvalue weighted by atomic mass is 16.5. The van der Waals surface area contributed by atoms with Crippen molar-refractivity contribution in [3.05, 3.63) is 34.7 Å². The molecular formula is C12H12N4O. The van der Waals surface area contributed by atoms with E-state index in [2.05, 4.69) is 16.2 Å². The van der Waals surface area contributed by atoms with Gasteiger partial charge in [0.25, 0.3) is 0 Å². The van der Waals surface area contributed by atoms with Crippen LogP contribution in [0.25, 0.3) is 11.4 Å². The summed E-state index contributed by atoms with van der Waals surface area (Å²) in [6, 6.07) is 5.71.